The number of hydrogen-bond donors (Lipinski definition) is 2. The molecule has 0 bridgehead atoms. The number of ether oxygens (including phenoxy) is 3. The zero-order chi connectivity index (χ0) is 17.4. The van der Waals surface area contributed by atoms with Crippen LogP contribution in [0.5, 0.6) is 11.5 Å². The van der Waals surface area contributed by atoms with E-state index in [1.54, 1.807) is 0 Å². The molecule has 0 radical (unpaired) electrons. The maximum atomic E-state index is 11.9. The molecule has 24 heavy (non-hydrogen) atoms. The lowest BCUT2D eigenvalue weighted by molar-refractivity contribution is 0.108. The predicted octanol–water partition coefficient (Wildman–Crippen LogP) is 2.88. The molecule has 2 N–H and O–H groups in total. The first-order valence-corrected chi connectivity index (χ1v) is 8.58. The number of carbonyl (C=O) groups is 1. The molecule has 1 aromatic carbocycles. The molecule has 0 saturated heterocycles. The van der Waals surface area contributed by atoms with Crippen molar-refractivity contribution in [3.05, 3.63) is 23.8 Å². The van der Waals surface area contributed by atoms with Crippen LogP contribution in [0.25, 0.3) is 0 Å². The molecule has 0 fully saturated rings. The molecule has 1 atom stereocenters. The van der Waals surface area contributed by atoms with Gasteiger partial charge in [0, 0.05) is 19.8 Å². The van der Waals surface area contributed by atoms with E-state index in [0.29, 0.717) is 32.3 Å². The average Bonchev–Trinajstić information content (AvgIpc) is 2.57. The van der Waals surface area contributed by atoms with Gasteiger partial charge in [0.15, 0.2) is 11.5 Å². The van der Waals surface area contributed by atoms with Gasteiger partial charge in [-0.05, 0) is 37.0 Å². The van der Waals surface area contributed by atoms with E-state index in [-0.39, 0.29) is 12.1 Å². The number of carbonyl (C=O) groups excluding carboxylic acids is 1. The van der Waals surface area contributed by atoms with Crippen molar-refractivity contribution < 1.29 is 19.0 Å². The summed E-state index contributed by atoms with van der Waals surface area (Å²) in [5, 5.41) is 5.77. The summed E-state index contributed by atoms with van der Waals surface area (Å²) in [6.45, 7) is 9.31. The van der Waals surface area contributed by atoms with Crippen molar-refractivity contribution in [3.8, 4) is 11.5 Å². The number of urea groups is 1. The van der Waals surface area contributed by atoms with Gasteiger partial charge in [0.2, 0.25) is 0 Å². The summed E-state index contributed by atoms with van der Waals surface area (Å²) in [5.74, 6) is 2.02. The summed E-state index contributed by atoms with van der Waals surface area (Å²) in [5.41, 5.74) is 0.981. The second-order valence-electron chi connectivity index (χ2n) is 6.35. The van der Waals surface area contributed by atoms with E-state index >= 15 is 0 Å². The monoisotopic (exact) mass is 336 g/mol. The third-order valence-electron chi connectivity index (χ3n) is 3.62. The molecule has 2 amide bonds. The van der Waals surface area contributed by atoms with Crippen LogP contribution in [0.4, 0.5) is 4.79 Å². The molecule has 1 heterocycles. The van der Waals surface area contributed by atoms with Crippen LogP contribution in [0.2, 0.25) is 0 Å². The molecular formula is C18H28N2O4. The number of amides is 2. The Labute approximate surface area is 143 Å². The van der Waals surface area contributed by atoms with Crippen LogP contribution >= 0.6 is 0 Å². The summed E-state index contributed by atoms with van der Waals surface area (Å²) >= 11 is 0. The summed E-state index contributed by atoms with van der Waals surface area (Å²) in [4.78, 5) is 11.9. The lowest BCUT2D eigenvalue weighted by Crippen LogP contribution is -2.37. The van der Waals surface area contributed by atoms with Crippen LogP contribution in [0, 0.1) is 5.92 Å². The molecule has 1 unspecified atom stereocenters. The molecule has 1 aliphatic heterocycles. The van der Waals surface area contributed by atoms with E-state index in [0.717, 1.165) is 30.1 Å². The lowest BCUT2D eigenvalue weighted by atomic mass is 10.1. The minimum absolute atomic E-state index is 0.113. The highest BCUT2D eigenvalue weighted by Crippen LogP contribution is 2.32. The van der Waals surface area contributed by atoms with Crippen molar-refractivity contribution in [1.82, 2.24) is 10.6 Å². The molecule has 0 aromatic heterocycles. The highest BCUT2D eigenvalue weighted by Gasteiger charge is 2.15. The van der Waals surface area contributed by atoms with Gasteiger partial charge in [-0.1, -0.05) is 19.9 Å². The van der Waals surface area contributed by atoms with Crippen LogP contribution in [-0.2, 0) is 4.74 Å². The van der Waals surface area contributed by atoms with Crippen LogP contribution in [0.1, 0.15) is 38.8 Å². The van der Waals surface area contributed by atoms with Crippen molar-refractivity contribution in [2.75, 3.05) is 33.0 Å². The number of benzene rings is 1. The molecule has 0 spiro atoms. The fraction of sp³-hybridized carbons (Fsp3) is 0.611. The number of rotatable bonds is 8. The van der Waals surface area contributed by atoms with Crippen LogP contribution < -0.4 is 20.1 Å². The highest BCUT2D eigenvalue weighted by molar-refractivity contribution is 5.74. The van der Waals surface area contributed by atoms with Gasteiger partial charge in [0.1, 0.15) is 13.2 Å². The van der Waals surface area contributed by atoms with E-state index < -0.39 is 0 Å². The first kappa shape index (κ1) is 18.4. The second kappa shape index (κ2) is 9.37. The van der Waals surface area contributed by atoms with Gasteiger partial charge < -0.3 is 24.8 Å². The van der Waals surface area contributed by atoms with Crippen molar-refractivity contribution >= 4 is 6.03 Å². The van der Waals surface area contributed by atoms with E-state index in [9.17, 15) is 4.79 Å². The molecule has 6 nitrogen and oxygen atoms in total. The Morgan fingerprint density at radius 1 is 1.21 bits per heavy atom. The molecule has 6 heteroatoms. The molecule has 1 aliphatic rings. The quantitative estimate of drug-likeness (QED) is 0.716. The average molecular weight is 336 g/mol. The Morgan fingerprint density at radius 2 is 1.96 bits per heavy atom. The van der Waals surface area contributed by atoms with Gasteiger partial charge in [0.05, 0.1) is 6.04 Å². The van der Waals surface area contributed by atoms with Crippen molar-refractivity contribution in [2.45, 2.75) is 33.2 Å². The summed E-state index contributed by atoms with van der Waals surface area (Å²) in [7, 11) is 0. The Kier molecular flexibility index (Phi) is 7.18. The summed E-state index contributed by atoms with van der Waals surface area (Å²) in [6, 6.07) is 5.45. The third kappa shape index (κ3) is 5.92. The molecule has 0 saturated carbocycles. The predicted molar refractivity (Wildman–Crippen MR) is 92.7 cm³/mol. The SMILES string of the molecule is CC(C)COCCCNC(=O)NC(C)c1ccc2c(c1)OCCO2. The minimum Gasteiger partial charge on any atom is -0.486 e. The molecular weight excluding hydrogens is 308 g/mol. The van der Waals surface area contributed by atoms with Gasteiger partial charge >= 0.3 is 6.03 Å². The standard InChI is InChI=1S/C18H28N2O4/c1-13(2)12-22-8-4-7-19-18(21)20-14(3)15-5-6-16-17(11-15)24-10-9-23-16/h5-6,11,13-14H,4,7-10,12H2,1-3H3,(H2,19,20,21). The summed E-state index contributed by atoms with van der Waals surface area (Å²) in [6.07, 6.45) is 0.804. The fourth-order valence-electron chi connectivity index (χ4n) is 2.36. The minimum atomic E-state index is -0.179. The Hall–Kier alpha value is -1.95. The van der Waals surface area contributed by atoms with Crippen molar-refractivity contribution in [2.24, 2.45) is 5.92 Å². The van der Waals surface area contributed by atoms with Gasteiger partial charge in [-0.15, -0.1) is 0 Å². The Balaban J connectivity index is 1.69. The van der Waals surface area contributed by atoms with Crippen molar-refractivity contribution in [1.29, 1.82) is 0 Å². The van der Waals surface area contributed by atoms with Gasteiger partial charge in [-0.2, -0.15) is 0 Å². The zero-order valence-electron chi connectivity index (χ0n) is 14.8. The van der Waals surface area contributed by atoms with Crippen LogP contribution in [-0.4, -0.2) is 39.0 Å². The third-order valence-corrected chi connectivity index (χ3v) is 3.62. The normalized spacial score (nSPS) is 14.3. The zero-order valence-corrected chi connectivity index (χ0v) is 14.8. The van der Waals surface area contributed by atoms with Crippen LogP contribution in [0.3, 0.4) is 0 Å². The van der Waals surface area contributed by atoms with E-state index in [2.05, 4.69) is 24.5 Å². The Morgan fingerprint density at radius 3 is 2.71 bits per heavy atom. The number of nitrogens with one attached hydrogen (secondary N) is 2. The smallest absolute Gasteiger partial charge is 0.315 e. The topological polar surface area (TPSA) is 68.8 Å². The van der Waals surface area contributed by atoms with Gasteiger partial charge in [0.25, 0.3) is 0 Å². The van der Waals surface area contributed by atoms with Crippen molar-refractivity contribution in [3.63, 3.8) is 0 Å². The fourth-order valence-corrected chi connectivity index (χ4v) is 2.36. The Bertz CT molecular complexity index is 534. The molecule has 2 rings (SSSR count). The molecule has 0 aliphatic carbocycles. The van der Waals surface area contributed by atoms with Gasteiger partial charge in [-0.25, -0.2) is 4.79 Å². The maximum absolute atomic E-state index is 11.9. The van der Waals surface area contributed by atoms with Crippen LogP contribution in [0.15, 0.2) is 18.2 Å². The largest absolute Gasteiger partial charge is 0.486 e. The van der Waals surface area contributed by atoms with Gasteiger partial charge in [-0.3, -0.25) is 0 Å². The highest BCUT2D eigenvalue weighted by atomic mass is 16.6. The van der Waals surface area contributed by atoms with E-state index in [1.807, 2.05) is 25.1 Å². The van der Waals surface area contributed by atoms with E-state index in [4.69, 9.17) is 14.2 Å². The first-order chi connectivity index (χ1) is 11.6. The van der Waals surface area contributed by atoms with E-state index in [1.165, 1.54) is 0 Å². The first-order valence-electron chi connectivity index (χ1n) is 8.58. The molecule has 134 valence electrons. The molecule has 1 aromatic rings. The lowest BCUT2D eigenvalue weighted by Gasteiger charge is -2.21. The summed E-state index contributed by atoms with van der Waals surface area (Å²) < 4.78 is 16.6. The second-order valence-corrected chi connectivity index (χ2v) is 6.35. The number of hydrogen-bond acceptors (Lipinski definition) is 4. The number of fused-ring (bicyclic) bond motifs is 1. The maximum Gasteiger partial charge on any atom is 0.315 e.